The molecule has 8 heteroatoms. The SMILES string of the molecule is COc1cc(N)c(C(=O)O)cc1OC1CCS(=O)(=O)C1. The third-order valence-electron chi connectivity index (χ3n) is 3.05. The number of methoxy groups -OCH3 is 1. The van der Waals surface area contributed by atoms with Crippen molar-refractivity contribution in [1.29, 1.82) is 0 Å². The van der Waals surface area contributed by atoms with E-state index in [1.807, 2.05) is 0 Å². The van der Waals surface area contributed by atoms with Crippen LogP contribution in [0.4, 0.5) is 5.69 Å². The Balaban J connectivity index is 2.30. The molecule has 1 atom stereocenters. The van der Waals surface area contributed by atoms with E-state index in [9.17, 15) is 13.2 Å². The number of rotatable bonds is 4. The van der Waals surface area contributed by atoms with E-state index in [0.29, 0.717) is 6.42 Å². The van der Waals surface area contributed by atoms with Crippen LogP contribution in [-0.2, 0) is 9.84 Å². The second kappa shape index (κ2) is 5.20. The van der Waals surface area contributed by atoms with Crippen molar-refractivity contribution in [3.8, 4) is 11.5 Å². The number of nitrogen functional groups attached to an aromatic ring is 1. The lowest BCUT2D eigenvalue weighted by molar-refractivity contribution is 0.0697. The maximum absolute atomic E-state index is 11.4. The molecule has 1 aliphatic rings. The maximum atomic E-state index is 11.4. The molecule has 1 aromatic carbocycles. The fraction of sp³-hybridized carbons (Fsp3) is 0.417. The zero-order valence-corrected chi connectivity index (χ0v) is 11.6. The number of benzene rings is 1. The summed E-state index contributed by atoms with van der Waals surface area (Å²) in [6.07, 6.45) is -0.127. The number of anilines is 1. The van der Waals surface area contributed by atoms with Crippen LogP contribution in [0.25, 0.3) is 0 Å². The Morgan fingerprint density at radius 2 is 2.10 bits per heavy atom. The summed E-state index contributed by atoms with van der Waals surface area (Å²) < 4.78 is 33.4. The number of aromatic carboxylic acids is 1. The van der Waals surface area contributed by atoms with Crippen LogP contribution >= 0.6 is 0 Å². The molecule has 1 saturated heterocycles. The average Bonchev–Trinajstić information content (AvgIpc) is 2.70. The van der Waals surface area contributed by atoms with E-state index >= 15 is 0 Å². The number of carboxylic acid groups (broad SMARTS) is 1. The normalized spacial score (nSPS) is 20.6. The van der Waals surface area contributed by atoms with Crippen LogP contribution in [0.2, 0.25) is 0 Å². The second-order valence-corrected chi connectivity index (χ2v) is 6.77. The summed E-state index contributed by atoms with van der Waals surface area (Å²) in [5.74, 6) is -0.740. The minimum atomic E-state index is -3.08. The minimum absolute atomic E-state index is 0.0562. The van der Waals surface area contributed by atoms with E-state index in [0.717, 1.165) is 0 Å². The van der Waals surface area contributed by atoms with Crippen LogP contribution in [0.15, 0.2) is 12.1 Å². The van der Waals surface area contributed by atoms with Crippen molar-refractivity contribution < 1.29 is 27.8 Å². The van der Waals surface area contributed by atoms with Gasteiger partial charge in [-0.15, -0.1) is 0 Å². The van der Waals surface area contributed by atoms with Gasteiger partial charge in [-0.25, -0.2) is 13.2 Å². The van der Waals surface area contributed by atoms with Gasteiger partial charge in [0.15, 0.2) is 21.3 Å². The third kappa shape index (κ3) is 2.96. The van der Waals surface area contributed by atoms with Crippen molar-refractivity contribution in [3.05, 3.63) is 17.7 Å². The number of carboxylic acids is 1. The number of nitrogens with two attached hydrogens (primary N) is 1. The van der Waals surface area contributed by atoms with Crippen molar-refractivity contribution in [2.24, 2.45) is 0 Å². The Morgan fingerprint density at radius 1 is 1.40 bits per heavy atom. The molecule has 1 heterocycles. The van der Waals surface area contributed by atoms with Crippen LogP contribution in [0.3, 0.4) is 0 Å². The zero-order valence-electron chi connectivity index (χ0n) is 10.8. The lowest BCUT2D eigenvalue weighted by Crippen LogP contribution is -2.18. The predicted molar refractivity (Wildman–Crippen MR) is 72.1 cm³/mol. The van der Waals surface area contributed by atoms with E-state index in [-0.39, 0.29) is 34.3 Å². The highest BCUT2D eigenvalue weighted by molar-refractivity contribution is 7.91. The van der Waals surface area contributed by atoms with Gasteiger partial charge in [-0.2, -0.15) is 0 Å². The molecular formula is C12H15NO6S. The second-order valence-electron chi connectivity index (χ2n) is 4.54. The fourth-order valence-corrected chi connectivity index (χ4v) is 3.64. The van der Waals surface area contributed by atoms with Crippen LogP contribution in [-0.4, -0.2) is 44.2 Å². The van der Waals surface area contributed by atoms with Crippen LogP contribution in [0.5, 0.6) is 11.5 Å². The lowest BCUT2D eigenvalue weighted by Gasteiger charge is -2.16. The Kier molecular flexibility index (Phi) is 3.76. The molecule has 7 nitrogen and oxygen atoms in total. The largest absolute Gasteiger partial charge is 0.493 e. The molecule has 0 bridgehead atoms. The van der Waals surface area contributed by atoms with Crippen molar-refractivity contribution in [3.63, 3.8) is 0 Å². The molecule has 0 amide bonds. The highest BCUT2D eigenvalue weighted by Crippen LogP contribution is 2.34. The Labute approximate surface area is 116 Å². The summed E-state index contributed by atoms with van der Waals surface area (Å²) in [4.78, 5) is 11.0. The van der Waals surface area contributed by atoms with E-state index in [4.69, 9.17) is 20.3 Å². The van der Waals surface area contributed by atoms with Gasteiger partial charge in [-0.1, -0.05) is 0 Å². The monoisotopic (exact) mass is 301 g/mol. The van der Waals surface area contributed by atoms with Crippen LogP contribution in [0.1, 0.15) is 16.8 Å². The molecule has 2 rings (SSSR count). The van der Waals surface area contributed by atoms with Gasteiger partial charge in [0, 0.05) is 12.1 Å². The molecule has 0 aliphatic carbocycles. The van der Waals surface area contributed by atoms with Gasteiger partial charge < -0.3 is 20.3 Å². The molecular weight excluding hydrogens is 286 g/mol. The smallest absolute Gasteiger partial charge is 0.337 e. The first-order valence-electron chi connectivity index (χ1n) is 5.90. The molecule has 1 fully saturated rings. The van der Waals surface area contributed by atoms with E-state index in [1.54, 1.807) is 0 Å². The molecule has 0 aromatic heterocycles. The number of sulfone groups is 1. The van der Waals surface area contributed by atoms with Crippen LogP contribution < -0.4 is 15.2 Å². The topological polar surface area (TPSA) is 116 Å². The highest BCUT2D eigenvalue weighted by Gasteiger charge is 2.30. The van der Waals surface area contributed by atoms with Gasteiger partial charge in [-0.3, -0.25) is 0 Å². The molecule has 3 N–H and O–H groups in total. The number of ether oxygens (including phenoxy) is 2. The summed E-state index contributed by atoms with van der Waals surface area (Å²) >= 11 is 0. The molecule has 0 saturated carbocycles. The summed E-state index contributed by atoms with van der Waals surface area (Å²) in [7, 11) is -1.68. The summed E-state index contributed by atoms with van der Waals surface area (Å²) in [5, 5.41) is 9.03. The van der Waals surface area contributed by atoms with E-state index < -0.39 is 21.9 Å². The Morgan fingerprint density at radius 3 is 2.60 bits per heavy atom. The van der Waals surface area contributed by atoms with Crippen molar-refractivity contribution in [2.45, 2.75) is 12.5 Å². The summed E-state index contributed by atoms with van der Waals surface area (Å²) in [5.41, 5.74) is 5.55. The maximum Gasteiger partial charge on any atom is 0.337 e. The molecule has 1 aliphatic heterocycles. The first kappa shape index (κ1) is 14.4. The van der Waals surface area contributed by atoms with Gasteiger partial charge in [0.2, 0.25) is 0 Å². The van der Waals surface area contributed by atoms with Crippen molar-refractivity contribution in [1.82, 2.24) is 0 Å². The van der Waals surface area contributed by atoms with Gasteiger partial charge in [-0.05, 0) is 6.42 Å². The molecule has 0 radical (unpaired) electrons. The molecule has 1 aromatic rings. The molecule has 1 unspecified atom stereocenters. The highest BCUT2D eigenvalue weighted by atomic mass is 32.2. The fourth-order valence-electron chi connectivity index (χ4n) is 2.05. The van der Waals surface area contributed by atoms with Crippen molar-refractivity contribution >= 4 is 21.5 Å². The number of hydrogen-bond acceptors (Lipinski definition) is 6. The first-order valence-corrected chi connectivity index (χ1v) is 7.72. The lowest BCUT2D eigenvalue weighted by atomic mass is 10.1. The minimum Gasteiger partial charge on any atom is -0.493 e. The third-order valence-corrected chi connectivity index (χ3v) is 4.79. The van der Waals surface area contributed by atoms with E-state index in [2.05, 4.69) is 0 Å². The van der Waals surface area contributed by atoms with Gasteiger partial charge in [0.1, 0.15) is 6.10 Å². The van der Waals surface area contributed by atoms with Crippen LogP contribution in [0, 0.1) is 0 Å². The zero-order chi connectivity index (χ0) is 14.9. The van der Waals surface area contributed by atoms with Gasteiger partial charge >= 0.3 is 5.97 Å². The van der Waals surface area contributed by atoms with Crippen molar-refractivity contribution in [2.75, 3.05) is 24.3 Å². The van der Waals surface area contributed by atoms with Gasteiger partial charge in [0.25, 0.3) is 0 Å². The number of hydrogen-bond donors (Lipinski definition) is 2. The number of carbonyl (C=O) groups is 1. The van der Waals surface area contributed by atoms with E-state index in [1.165, 1.54) is 19.2 Å². The molecule has 110 valence electrons. The van der Waals surface area contributed by atoms with Gasteiger partial charge in [0.05, 0.1) is 29.9 Å². The standard InChI is InChI=1S/C12H15NO6S/c1-18-10-5-9(13)8(12(14)15)4-11(10)19-7-2-3-20(16,17)6-7/h4-5,7H,2-3,6,13H2,1H3,(H,14,15). The molecule has 20 heavy (non-hydrogen) atoms. The summed E-state index contributed by atoms with van der Waals surface area (Å²) in [6, 6.07) is 2.60. The Hall–Kier alpha value is -1.96. The quantitative estimate of drug-likeness (QED) is 0.780. The Bertz CT molecular complexity index is 640. The molecule has 0 spiro atoms. The average molecular weight is 301 g/mol. The summed E-state index contributed by atoms with van der Waals surface area (Å²) in [6.45, 7) is 0. The first-order chi connectivity index (χ1) is 9.32. The predicted octanol–water partition coefficient (Wildman–Crippen LogP) is 0.542.